The van der Waals surface area contributed by atoms with Gasteiger partial charge in [-0.05, 0) is 36.2 Å². The SMILES string of the molecule is COc1ccc(C(=O)COC(=O)CCc2ccc(S(=O)(=O)N3CCOCC3)cc2)c(OC)c1. The lowest BCUT2D eigenvalue weighted by Crippen LogP contribution is -2.40. The van der Waals surface area contributed by atoms with Crippen LogP contribution in [-0.2, 0) is 30.7 Å². The van der Waals surface area contributed by atoms with Crippen molar-refractivity contribution in [2.24, 2.45) is 0 Å². The van der Waals surface area contributed by atoms with E-state index in [-0.39, 0.29) is 17.1 Å². The van der Waals surface area contributed by atoms with Crippen LogP contribution in [0, 0.1) is 0 Å². The third-order valence-corrected chi connectivity index (χ3v) is 7.14. The molecular formula is C23H27NO8S. The van der Waals surface area contributed by atoms with E-state index in [1.165, 1.54) is 30.7 Å². The van der Waals surface area contributed by atoms with Crippen LogP contribution >= 0.6 is 0 Å². The van der Waals surface area contributed by atoms with Crippen LogP contribution in [0.5, 0.6) is 11.5 Å². The van der Waals surface area contributed by atoms with E-state index in [1.807, 2.05) is 0 Å². The summed E-state index contributed by atoms with van der Waals surface area (Å²) in [6.45, 7) is 1.02. The molecule has 1 fully saturated rings. The lowest BCUT2D eigenvalue weighted by Gasteiger charge is -2.26. The Labute approximate surface area is 193 Å². The molecule has 178 valence electrons. The summed E-state index contributed by atoms with van der Waals surface area (Å²) in [5.74, 6) is -0.0342. The number of morpholine rings is 1. The van der Waals surface area contributed by atoms with Gasteiger partial charge in [0.2, 0.25) is 15.8 Å². The number of esters is 1. The molecule has 1 heterocycles. The van der Waals surface area contributed by atoms with Crippen LogP contribution in [0.15, 0.2) is 47.4 Å². The molecule has 0 radical (unpaired) electrons. The molecule has 0 atom stereocenters. The van der Waals surface area contributed by atoms with Gasteiger partial charge in [0.1, 0.15) is 11.5 Å². The number of aryl methyl sites for hydroxylation is 1. The average Bonchev–Trinajstić information content (AvgIpc) is 2.86. The van der Waals surface area contributed by atoms with Crippen molar-refractivity contribution in [2.45, 2.75) is 17.7 Å². The van der Waals surface area contributed by atoms with Crippen molar-refractivity contribution in [3.8, 4) is 11.5 Å². The lowest BCUT2D eigenvalue weighted by molar-refractivity contribution is -0.142. The molecule has 2 aromatic rings. The van der Waals surface area contributed by atoms with Gasteiger partial charge in [-0.25, -0.2) is 8.42 Å². The zero-order valence-electron chi connectivity index (χ0n) is 18.6. The summed E-state index contributed by atoms with van der Waals surface area (Å²) < 4.78 is 47.3. The van der Waals surface area contributed by atoms with E-state index in [2.05, 4.69) is 0 Å². The fraction of sp³-hybridized carbons (Fsp3) is 0.391. The highest BCUT2D eigenvalue weighted by atomic mass is 32.2. The minimum atomic E-state index is -3.56. The van der Waals surface area contributed by atoms with Gasteiger partial charge in [0, 0.05) is 25.6 Å². The number of Topliss-reactive ketones (excluding diaryl/α,β-unsaturated/α-hetero) is 1. The highest BCUT2D eigenvalue weighted by Gasteiger charge is 2.26. The van der Waals surface area contributed by atoms with Gasteiger partial charge in [-0.2, -0.15) is 4.31 Å². The molecule has 1 saturated heterocycles. The van der Waals surface area contributed by atoms with Gasteiger partial charge in [0.05, 0.1) is 37.9 Å². The summed E-state index contributed by atoms with van der Waals surface area (Å²) in [7, 11) is -0.611. The Hall–Kier alpha value is -2.95. The first kappa shape index (κ1) is 24.7. The van der Waals surface area contributed by atoms with E-state index in [4.69, 9.17) is 18.9 Å². The van der Waals surface area contributed by atoms with Crippen LogP contribution in [0.25, 0.3) is 0 Å². The fourth-order valence-corrected chi connectivity index (χ4v) is 4.74. The van der Waals surface area contributed by atoms with Crippen LogP contribution in [-0.4, -0.2) is 71.6 Å². The second-order valence-electron chi connectivity index (χ2n) is 7.31. The lowest BCUT2D eigenvalue weighted by atomic mass is 10.1. The van der Waals surface area contributed by atoms with E-state index in [0.717, 1.165) is 5.56 Å². The summed E-state index contributed by atoms with van der Waals surface area (Å²) >= 11 is 0. The third kappa shape index (κ3) is 6.31. The van der Waals surface area contributed by atoms with Crippen LogP contribution in [0.4, 0.5) is 0 Å². The Morgan fingerprint density at radius 1 is 1.00 bits per heavy atom. The normalized spacial score (nSPS) is 14.5. The molecule has 33 heavy (non-hydrogen) atoms. The van der Waals surface area contributed by atoms with Crippen LogP contribution < -0.4 is 9.47 Å². The maximum absolute atomic E-state index is 12.7. The molecule has 1 aliphatic rings. The monoisotopic (exact) mass is 477 g/mol. The largest absolute Gasteiger partial charge is 0.497 e. The summed E-state index contributed by atoms with van der Waals surface area (Å²) in [5.41, 5.74) is 1.08. The predicted molar refractivity (Wildman–Crippen MR) is 119 cm³/mol. The van der Waals surface area contributed by atoms with Crippen molar-refractivity contribution >= 4 is 21.8 Å². The van der Waals surface area contributed by atoms with Gasteiger partial charge >= 0.3 is 5.97 Å². The predicted octanol–water partition coefficient (Wildman–Crippen LogP) is 2.08. The number of methoxy groups -OCH3 is 2. The molecule has 0 unspecified atom stereocenters. The number of ether oxygens (including phenoxy) is 4. The van der Waals surface area contributed by atoms with Gasteiger partial charge in [0.15, 0.2) is 6.61 Å². The summed E-state index contributed by atoms with van der Waals surface area (Å²) in [4.78, 5) is 24.7. The van der Waals surface area contributed by atoms with Gasteiger partial charge in [-0.1, -0.05) is 12.1 Å². The molecule has 0 spiro atoms. The molecular weight excluding hydrogens is 450 g/mol. The van der Waals surface area contributed by atoms with E-state index in [9.17, 15) is 18.0 Å². The number of carbonyl (C=O) groups is 2. The third-order valence-electron chi connectivity index (χ3n) is 5.22. The summed E-state index contributed by atoms with van der Waals surface area (Å²) in [6.07, 6.45) is 0.416. The first-order chi connectivity index (χ1) is 15.8. The average molecular weight is 478 g/mol. The zero-order valence-corrected chi connectivity index (χ0v) is 19.4. The minimum absolute atomic E-state index is 0.0581. The summed E-state index contributed by atoms with van der Waals surface area (Å²) in [6, 6.07) is 11.2. The molecule has 0 saturated carbocycles. The maximum atomic E-state index is 12.7. The van der Waals surface area contributed by atoms with E-state index < -0.39 is 22.6 Å². The Kier molecular flexibility index (Phi) is 8.43. The molecule has 10 heteroatoms. The van der Waals surface area contributed by atoms with Gasteiger partial charge in [0.25, 0.3) is 0 Å². The smallest absolute Gasteiger partial charge is 0.306 e. The molecule has 2 aromatic carbocycles. The van der Waals surface area contributed by atoms with Crippen LogP contribution in [0.2, 0.25) is 0 Å². The van der Waals surface area contributed by atoms with Crippen molar-refractivity contribution in [3.63, 3.8) is 0 Å². The summed E-state index contributed by atoms with van der Waals surface area (Å²) in [5, 5.41) is 0. The highest BCUT2D eigenvalue weighted by Crippen LogP contribution is 2.25. The zero-order chi connectivity index (χ0) is 23.8. The quantitative estimate of drug-likeness (QED) is 0.378. The molecule has 0 bridgehead atoms. The standard InChI is InChI=1S/C23H27NO8S/c1-29-18-6-9-20(22(15-18)30-2)21(25)16-32-23(26)10-5-17-3-7-19(8-4-17)33(27,28)24-11-13-31-14-12-24/h3-4,6-9,15H,5,10-14,16H2,1-2H3. The first-order valence-electron chi connectivity index (χ1n) is 10.4. The Balaban J connectivity index is 1.50. The number of ketones is 1. The molecule has 0 aromatic heterocycles. The Bertz CT molecular complexity index is 1080. The Morgan fingerprint density at radius 3 is 2.33 bits per heavy atom. The molecule has 0 amide bonds. The topological polar surface area (TPSA) is 108 Å². The number of nitrogens with zero attached hydrogens (tertiary/aromatic N) is 1. The molecule has 0 N–H and O–H groups in total. The van der Waals surface area contributed by atoms with Crippen LogP contribution in [0.1, 0.15) is 22.3 Å². The van der Waals surface area contributed by atoms with Gasteiger partial charge in [-0.15, -0.1) is 0 Å². The number of hydrogen-bond donors (Lipinski definition) is 0. The van der Waals surface area contributed by atoms with Crippen molar-refractivity contribution in [2.75, 3.05) is 47.1 Å². The van der Waals surface area contributed by atoms with E-state index in [0.29, 0.717) is 49.8 Å². The molecule has 9 nitrogen and oxygen atoms in total. The number of benzene rings is 2. The first-order valence-corrected chi connectivity index (χ1v) is 11.9. The second-order valence-corrected chi connectivity index (χ2v) is 9.25. The number of carbonyl (C=O) groups excluding carboxylic acids is 2. The second kappa shape index (κ2) is 11.3. The number of rotatable bonds is 10. The van der Waals surface area contributed by atoms with Crippen molar-refractivity contribution in [1.82, 2.24) is 4.31 Å². The van der Waals surface area contributed by atoms with E-state index in [1.54, 1.807) is 30.3 Å². The molecule has 1 aliphatic heterocycles. The molecule has 3 rings (SSSR count). The highest BCUT2D eigenvalue weighted by molar-refractivity contribution is 7.89. The maximum Gasteiger partial charge on any atom is 0.306 e. The van der Waals surface area contributed by atoms with E-state index >= 15 is 0 Å². The minimum Gasteiger partial charge on any atom is -0.497 e. The number of sulfonamides is 1. The fourth-order valence-electron chi connectivity index (χ4n) is 3.34. The van der Waals surface area contributed by atoms with Gasteiger partial charge in [-0.3, -0.25) is 9.59 Å². The van der Waals surface area contributed by atoms with Crippen molar-refractivity contribution in [1.29, 1.82) is 0 Å². The van der Waals surface area contributed by atoms with Crippen molar-refractivity contribution < 1.29 is 37.0 Å². The Morgan fingerprint density at radius 2 is 1.70 bits per heavy atom. The van der Waals surface area contributed by atoms with Gasteiger partial charge < -0.3 is 18.9 Å². The van der Waals surface area contributed by atoms with Crippen LogP contribution in [0.3, 0.4) is 0 Å². The number of hydrogen-bond acceptors (Lipinski definition) is 8. The molecule has 0 aliphatic carbocycles. The van der Waals surface area contributed by atoms with Crippen molar-refractivity contribution in [3.05, 3.63) is 53.6 Å².